The molecule has 0 saturated carbocycles. The predicted molar refractivity (Wildman–Crippen MR) is 108 cm³/mol. The summed E-state index contributed by atoms with van der Waals surface area (Å²) in [6.45, 7) is -0.715. The van der Waals surface area contributed by atoms with Crippen LogP contribution in [0.4, 0.5) is 5.69 Å². The Bertz CT molecular complexity index is 1150. The molecule has 0 aliphatic carbocycles. The number of carbonyl (C=O) groups excluding carboxylic acids is 4. The molecule has 0 saturated heterocycles. The molecule has 1 aromatic heterocycles. The van der Waals surface area contributed by atoms with Crippen molar-refractivity contribution in [3.05, 3.63) is 59.9 Å². The maximum absolute atomic E-state index is 12.3. The molecule has 10 heteroatoms. The van der Waals surface area contributed by atoms with E-state index >= 15 is 0 Å². The number of hydrogen-bond acceptors (Lipinski definition) is 8. The fraction of sp³-hybridized carbons (Fsp3) is 0.190. The number of para-hydroxylation sites is 2. The van der Waals surface area contributed by atoms with Gasteiger partial charge in [0.1, 0.15) is 6.54 Å². The molecule has 0 fully saturated rings. The van der Waals surface area contributed by atoms with Crippen LogP contribution in [-0.2, 0) is 30.3 Å². The molecule has 3 aromatic rings. The number of rotatable bonds is 7. The van der Waals surface area contributed by atoms with Crippen LogP contribution in [0.1, 0.15) is 20.7 Å². The maximum atomic E-state index is 12.3. The molecule has 10 nitrogen and oxygen atoms in total. The third-order valence-corrected chi connectivity index (χ3v) is 4.31. The summed E-state index contributed by atoms with van der Waals surface area (Å²) in [6.07, 6.45) is 1.51. The van der Waals surface area contributed by atoms with Crippen molar-refractivity contribution >= 4 is 40.5 Å². The Kier molecular flexibility index (Phi) is 6.61. The Morgan fingerprint density at radius 2 is 1.74 bits per heavy atom. The largest absolute Gasteiger partial charge is 0.465 e. The summed E-state index contributed by atoms with van der Waals surface area (Å²) in [5.41, 5.74) is 1.66. The van der Waals surface area contributed by atoms with Gasteiger partial charge in [0.2, 0.25) is 0 Å². The van der Waals surface area contributed by atoms with E-state index in [4.69, 9.17) is 4.74 Å². The number of carbonyl (C=O) groups is 4. The van der Waals surface area contributed by atoms with Crippen LogP contribution in [0.5, 0.6) is 0 Å². The summed E-state index contributed by atoms with van der Waals surface area (Å²) in [4.78, 5) is 52.2. The van der Waals surface area contributed by atoms with Gasteiger partial charge >= 0.3 is 17.9 Å². The molecule has 0 bridgehead atoms. The van der Waals surface area contributed by atoms with Crippen LogP contribution in [0.25, 0.3) is 11.0 Å². The fourth-order valence-corrected chi connectivity index (χ4v) is 2.83. The van der Waals surface area contributed by atoms with Crippen LogP contribution in [0, 0.1) is 0 Å². The molecule has 0 radical (unpaired) electrons. The number of ether oxygens (including phenoxy) is 3. The maximum Gasteiger partial charge on any atom is 0.339 e. The normalized spacial score (nSPS) is 10.4. The van der Waals surface area contributed by atoms with Crippen LogP contribution in [0.15, 0.2) is 48.8 Å². The lowest BCUT2D eigenvalue weighted by molar-refractivity contribution is -0.147. The Hall–Kier alpha value is -4.21. The van der Waals surface area contributed by atoms with Crippen molar-refractivity contribution in [3.63, 3.8) is 0 Å². The monoisotopic (exact) mass is 425 g/mol. The van der Waals surface area contributed by atoms with Crippen molar-refractivity contribution in [2.24, 2.45) is 0 Å². The summed E-state index contributed by atoms with van der Waals surface area (Å²) in [6, 6.07) is 11.2. The molecule has 1 N–H and O–H groups in total. The van der Waals surface area contributed by atoms with Crippen LogP contribution in [0.3, 0.4) is 0 Å². The van der Waals surface area contributed by atoms with E-state index in [0.29, 0.717) is 0 Å². The van der Waals surface area contributed by atoms with Crippen LogP contribution in [-0.4, -0.2) is 54.2 Å². The van der Waals surface area contributed by atoms with Gasteiger partial charge in [-0.1, -0.05) is 12.1 Å². The van der Waals surface area contributed by atoms with E-state index in [2.05, 4.69) is 19.8 Å². The Balaban J connectivity index is 1.65. The van der Waals surface area contributed by atoms with Gasteiger partial charge in [0.25, 0.3) is 5.91 Å². The molecular weight excluding hydrogens is 406 g/mol. The number of anilines is 1. The second kappa shape index (κ2) is 9.53. The Labute approximate surface area is 176 Å². The SMILES string of the molecule is COC(=O)c1ccc(C(=O)OC)c(NC(=O)COC(=O)Cn2cnc3ccccc32)c1. The van der Waals surface area contributed by atoms with E-state index in [-0.39, 0.29) is 23.4 Å². The molecule has 31 heavy (non-hydrogen) atoms. The number of methoxy groups -OCH3 is 2. The van der Waals surface area contributed by atoms with Gasteiger partial charge in [-0.2, -0.15) is 0 Å². The number of nitrogens with zero attached hydrogens (tertiary/aromatic N) is 2. The third-order valence-electron chi connectivity index (χ3n) is 4.31. The van der Waals surface area contributed by atoms with Crippen LogP contribution >= 0.6 is 0 Å². The lowest BCUT2D eigenvalue weighted by Crippen LogP contribution is -2.24. The van der Waals surface area contributed by atoms with Crippen LogP contribution in [0.2, 0.25) is 0 Å². The van der Waals surface area contributed by atoms with Gasteiger partial charge in [-0.3, -0.25) is 9.59 Å². The summed E-state index contributed by atoms with van der Waals surface area (Å²) in [5, 5.41) is 2.45. The topological polar surface area (TPSA) is 126 Å². The molecule has 160 valence electrons. The number of fused-ring (bicyclic) bond motifs is 1. The van der Waals surface area contributed by atoms with E-state index in [1.54, 1.807) is 4.57 Å². The van der Waals surface area contributed by atoms with Crippen molar-refractivity contribution in [2.75, 3.05) is 26.1 Å². The first-order valence-corrected chi connectivity index (χ1v) is 9.09. The van der Waals surface area contributed by atoms with E-state index in [1.807, 2.05) is 24.3 Å². The number of nitrogens with one attached hydrogen (secondary N) is 1. The molecule has 2 aromatic carbocycles. The van der Waals surface area contributed by atoms with E-state index < -0.39 is 30.4 Å². The second-order valence-corrected chi connectivity index (χ2v) is 6.31. The van der Waals surface area contributed by atoms with Crippen molar-refractivity contribution in [1.82, 2.24) is 9.55 Å². The van der Waals surface area contributed by atoms with Crippen molar-refractivity contribution < 1.29 is 33.4 Å². The molecule has 0 unspecified atom stereocenters. The summed E-state index contributed by atoms with van der Waals surface area (Å²) >= 11 is 0. The fourth-order valence-electron chi connectivity index (χ4n) is 2.83. The first-order chi connectivity index (χ1) is 14.9. The Morgan fingerprint density at radius 3 is 2.48 bits per heavy atom. The second-order valence-electron chi connectivity index (χ2n) is 6.31. The summed E-state index contributed by atoms with van der Waals surface area (Å²) < 4.78 is 15.9. The van der Waals surface area contributed by atoms with Gasteiger partial charge in [-0.05, 0) is 30.3 Å². The van der Waals surface area contributed by atoms with E-state index in [9.17, 15) is 19.2 Å². The molecule has 0 aliphatic heterocycles. The minimum absolute atomic E-state index is 0.0244. The summed E-state index contributed by atoms with van der Waals surface area (Å²) in [7, 11) is 2.39. The first-order valence-electron chi connectivity index (χ1n) is 9.09. The van der Waals surface area contributed by atoms with Crippen molar-refractivity contribution in [2.45, 2.75) is 6.54 Å². The van der Waals surface area contributed by atoms with Gasteiger partial charge in [0, 0.05) is 0 Å². The average Bonchev–Trinajstić information content (AvgIpc) is 3.19. The average molecular weight is 425 g/mol. The number of imidazole rings is 1. The minimum Gasteiger partial charge on any atom is -0.465 e. The zero-order chi connectivity index (χ0) is 22.4. The molecule has 1 amide bonds. The zero-order valence-electron chi connectivity index (χ0n) is 16.8. The molecule has 1 heterocycles. The number of amides is 1. The first kappa shape index (κ1) is 21.5. The zero-order valence-corrected chi connectivity index (χ0v) is 16.8. The summed E-state index contributed by atoms with van der Waals surface area (Å²) in [5.74, 6) is -2.70. The highest BCUT2D eigenvalue weighted by molar-refractivity contribution is 6.04. The van der Waals surface area contributed by atoms with Gasteiger partial charge in [0.05, 0.1) is 48.4 Å². The highest BCUT2D eigenvalue weighted by atomic mass is 16.5. The van der Waals surface area contributed by atoms with Gasteiger partial charge in [-0.25, -0.2) is 14.6 Å². The number of aromatic nitrogens is 2. The number of benzene rings is 2. The standard InChI is InChI=1S/C21H19N3O7/c1-29-20(27)13-7-8-14(21(28)30-2)16(9-13)23-18(25)11-31-19(26)10-24-12-22-15-5-3-4-6-17(15)24/h3-9,12H,10-11H2,1-2H3,(H,23,25). The number of esters is 3. The van der Waals surface area contributed by atoms with E-state index in [1.165, 1.54) is 38.7 Å². The lowest BCUT2D eigenvalue weighted by atomic mass is 10.1. The highest BCUT2D eigenvalue weighted by Gasteiger charge is 2.18. The van der Waals surface area contributed by atoms with Crippen molar-refractivity contribution in [3.8, 4) is 0 Å². The molecular formula is C21H19N3O7. The minimum atomic E-state index is -0.712. The molecule has 3 rings (SSSR count). The lowest BCUT2D eigenvalue weighted by Gasteiger charge is -2.12. The molecule has 0 atom stereocenters. The van der Waals surface area contributed by atoms with Gasteiger partial charge in [-0.15, -0.1) is 0 Å². The van der Waals surface area contributed by atoms with Gasteiger partial charge < -0.3 is 24.1 Å². The quantitative estimate of drug-likeness (QED) is 0.449. The van der Waals surface area contributed by atoms with Crippen molar-refractivity contribution in [1.29, 1.82) is 0 Å². The Morgan fingerprint density at radius 1 is 1.00 bits per heavy atom. The smallest absolute Gasteiger partial charge is 0.339 e. The van der Waals surface area contributed by atoms with Crippen LogP contribution < -0.4 is 5.32 Å². The molecule has 0 aliphatic rings. The number of hydrogen-bond donors (Lipinski definition) is 1. The predicted octanol–water partition coefficient (Wildman–Crippen LogP) is 1.79. The molecule has 0 spiro atoms. The van der Waals surface area contributed by atoms with Gasteiger partial charge in [0.15, 0.2) is 6.61 Å². The van der Waals surface area contributed by atoms with E-state index in [0.717, 1.165) is 11.0 Å². The third kappa shape index (κ3) is 5.04. The highest BCUT2D eigenvalue weighted by Crippen LogP contribution is 2.20.